The summed E-state index contributed by atoms with van der Waals surface area (Å²) in [6, 6.07) is 16.8. The van der Waals surface area contributed by atoms with Gasteiger partial charge in [-0.3, -0.25) is 14.6 Å². The first-order chi connectivity index (χ1) is 14.6. The molecule has 0 spiro atoms. The van der Waals surface area contributed by atoms with E-state index in [9.17, 15) is 14.4 Å². The summed E-state index contributed by atoms with van der Waals surface area (Å²) >= 11 is 0. The lowest BCUT2D eigenvalue weighted by Crippen LogP contribution is -2.41. The molecule has 4 rings (SSSR count). The lowest BCUT2D eigenvalue weighted by molar-refractivity contribution is -0.112. The maximum Gasteiger partial charge on any atom is 0.338 e. The SMILES string of the molecule is CCOC(=O)c1ccc(N2C(=O)/C(=C\c3cccnc3)c3ccccc3C2=O)cc1. The van der Waals surface area contributed by atoms with Gasteiger partial charge in [-0.05, 0) is 60.5 Å². The van der Waals surface area contributed by atoms with Gasteiger partial charge < -0.3 is 4.74 Å². The third kappa shape index (κ3) is 3.51. The number of esters is 1. The number of hydrogen-bond acceptors (Lipinski definition) is 5. The highest BCUT2D eigenvalue weighted by Gasteiger charge is 2.35. The highest BCUT2D eigenvalue weighted by atomic mass is 16.5. The normalized spacial score (nSPS) is 14.6. The van der Waals surface area contributed by atoms with Crippen LogP contribution in [-0.4, -0.2) is 29.4 Å². The molecule has 0 unspecified atom stereocenters. The van der Waals surface area contributed by atoms with Crippen molar-refractivity contribution < 1.29 is 19.1 Å². The molecule has 1 aromatic heterocycles. The largest absolute Gasteiger partial charge is 0.462 e. The first-order valence-electron chi connectivity index (χ1n) is 9.47. The van der Waals surface area contributed by atoms with Crippen LogP contribution < -0.4 is 4.90 Å². The van der Waals surface area contributed by atoms with Crippen LogP contribution in [0.25, 0.3) is 11.6 Å². The molecule has 1 aliphatic rings. The molecule has 6 nitrogen and oxygen atoms in total. The van der Waals surface area contributed by atoms with Crippen molar-refractivity contribution in [1.29, 1.82) is 0 Å². The predicted molar refractivity (Wildman–Crippen MR) is 113 cm³/mol. The second kappa shape index (κ2) is 8.13. The van der Waals surface area contributed by atoms with E-state index in [0.717, 1.165) is 10.5 Å². The molecule has 148 valence electrons. The molecule has 0 aliphatic carbocycles. The van der Waals surface area contributed by atoms with E-state index in [0.29, 0.717) is 28.0 Å². The van der Waals surface area contributed by atoms with Crippen molar-refractivity contribution in [1.82, 2.24) is 4.98 Å². The van der Waals surface area contributed by atoms with Gasteiger partial charge in [-0.15, -0.1) is 0 Å². The van der Waals surface area contributed by atoms with Crippen LogP contribution in [0.15, 0.2) is 73.1 Å². The lowest BCUT2D eigenvalue weighted by atomic mass is 9.92. The molecule has 0 radical (unpaired) electrons. The Kier molecular flexibility index (Phi) is 5.22. The molecule has 0 saturated heterocycles. The summed E-state index contributed by atoms with van der Waals surface area (Å²) < 4.78 is 4.98. The molecule has 2 aromatic carbocycles. The van der Waals surface area contributed by atoms with Crippen LogP contribution in [0.1, 0.15) is 38.8 Å². The first kappa shape index (κ1) is 19.3. The molecule has 2 amide bonds. The Morgan fingerprint density at radius 1 is 0.967 bits per heavy atom. The van der Waals surface area contributed by atoms with E-state index in [4.69, 9.17) is 4.74 Å². The summed E-state index contributed by atoms with van der Waals surface area (Å²) in [4.78, 5) is 43.6. The molecule has 2 heterocycles. The molecule has 3 aromatic rings. The summed E-state index contributed by atoms with van der Waals surface area (Å²) in [6.45, 7) is 1.99. The van der Waals surface area contributed by atoms with E-state index in [1.807, 2.05) is 6.07 Å². The van der Waals surface area contributed by atoms with Gasteiger partial charge in [0.1, 0.15) is 0 Å². The summed E-state index contributed by atoms with van der Waals surface area (Å²) in [5.41, 5.74) is 2.89. The predicted octanol–water partition coefficient (Wildman–Crippen LogP) is 3.99. The minimum absolute atomic E-state index is 0.267. The number of ether oxygens (including phenoxy) is 1. The van der Waals surface area contributed by atoms with Gasteiger partial charge >= 0.3 is 5.97 Å². The van der Waals surface area contributed by atoms with Crippen molar-refractivity contribution in [3.8, 4) is 0 Å². The van der Waals surface area contributed by atoms with Crippen LogP contribution in [0.5, 0.6) is 0 Å². The van der Waals surface area contributed by atoms with Crippen LogP contribution in [0.3, 0.4) is 0 Å². The molecule has 1 aliphatic heterocycles. The Balaban J connectivity index is 1.78. The Bertz CT molecular complexity index is 1150. The molecular weight excluding hydrogens is 380 g/mol. The van der Waals surface area contributed by atoms with E-state index >= 15 is 0 Å². The number of imide groups is 1. The van der Waals surface area contributed by atoms with Crippen molar-refractivity contribution in [3.05, 3.63) is 95.3 Å². The van der Waals surface area contributed by atoms with Crippen LogP contribution in [0, 0.1) is 0 Å². The summed E-state index contributed by atoms with van der Waals surface area (Å²) in [6.07, 6.45) is 5.03. The van der Waals surface area contributed by atoms with Gasteiger partial charge in [-0.25, -0.2) is 9.69 Å². The van der Waals surface area contributed by atoms with Crippen LogP contribution in [0.2, 0.25) is 0 Å². The number of rotatable bonds is 4. The Morgan fingerprint density at radius 3 is 2.37 bits per heavy atom. The average Bonchev–Trinajstić information content (AvgIpc) is 2.78. The fourth-order valence-electron chi connectivity index (χ4n) is 3.32. The number of anilines is 1. The fraction of sp³-hybridized carbons (Fsp3) is 0.0833. The van der Waals surface area contributed by atoms with Gasteiger partial charge in [0.05, 0.1) is 17.9 Å². The number of nitrogens with zero attached hydrogens (tertiary/aromatic N) is 2. The molecule has 0 atom stereocenters. The topological polar surface area (TPSA) is 76.6 Å². The van der Waals surface area contributed by atoms with Crippen molar-refractivity contribution in [2.24, 2.45) is 0 Å². The molecule has 0 bridgehead atoms. The van der Waals surface area contributed by atoms with Crippen molar-refractivity contribution in [2.75, 3.05) is 11.5 Å². The maximum atomic E-state index is 13.3. The number of amides is 2. The van der Waals surface area contributed by atoms with Crippen LogP contribution in [0.4, 0.5) is 5.69 Å². The zero-order valence-electron chi connectivity index (χ0n) is 16.2. The second-order valence-corrected chi connectivity index (χ2v) is 6.60. The van der Waals surface area contributed by atoms with Crippen molar-refractivity contribution in [2.45, 2.75) is 6.92 Å². The van der Waals surface area contributed by atoms with Gasteiger partial charge in [-0.1, -0.05) is 24.3 Å². The number of pyridine rings is 1. The average molecular weight is 398 g/mol. The van der Waals surface area contributed by atoms with E-state index in [1.54, 1.807) is 80.0 Å². The van der Waals surface area contributed by atoms with E-state index < -0.39 is 17.8 Å². The smallest absolute Gasteiger partial charge is 0.338 e. The third-order valence-electron chi connectivity index (χ3n) is 4.72. The zero-order chi connectivity index (χ0) is 21.1. The maximum absolute atomic E-state index is 13.3. The minimum atomic E-state index is -0.456. The number of benzene rings is 2. The number of carbonyl (C=O) groups is 3. The minimum Gasteiger partial charge on any atom is -0.462 e. The first-order valence-corrected chi connectivity index (χ1v) is 9.47. The summed E-state index contributed by atoms with van der Waals surface area (Å²) in [7, 11) is 0. The quantitative estimate of drug-likeness (QED) is 0.377. The molecule has 0 N–H and O–H groups in total. The lowest BCUT2D eigenvalue weighted by Gasteiger charge is -2.28. The summed E-state index contributed by atoms with van der Waals surface area (Å²) in [5, 5.41) is 0. The third-order valence-corrected chi connectivity index (χ3v) is 4.72. The highest BCUT2D eigenvalue weighted by molar-refractivity contribution is 6.43. The molecule has 30 heavy (non-hydrogen) atoms. The van der Waals surface area contributed by atoms with E-state index in [-0.39, 0.29) is 6.61 Å². The monoisotopic (exact) mass is 398 g/mol. The molecule has 6 heteroatoms. The number of aromatic nitrogens is 1. The van der Waals surface area contributed by atoms with Crippen molar-refractivity contribution >= 4 is 35.1 Å². The van der Waals surface area contributed by atoms with E-state index in [2.05, 4.69) is 4.98 Å². The number of carbonyl (C=O) groups excluding carboxylic acids is 3. The molecule has 0 saturated carbocycles. The highest BCUT2D eigenvalue weighted by Crippen LogP contribution is 2.33. The van der Waals surface area contributed by atoms with Gasteiger partial charge in [-0.2, -0.15) is 0 Å². The molecular formula is C24H18N2O4. The Morgan fingerprint density at radius 2 is 1.70 bits per heavy atom. The summed E-state index contributed by atoms with van der Waals surface area (Å²) in [5.74, 6) is -1.31. The van der Waals surface area contributed by atoms with Gasteiger partial charge in [0.25, 0.3) is 11.8 Å². The van der Waals surface area contributed by atoms with Crippen LogP contribution in [-0.2, 0) is 9.53 Å². The number of hydrogen-bond donors (Lipinski definition) is 0. The fourth-order valence-corrected chi connectivity index (χ4v) is 3.32. The zero-order valence-corrected chi connectivity index (χ0v) is 16.2. The van der Waals surface area contributed by atoms with Gasteiger partial charge in [0.15, 0.2) is 0 Å². The van der Waals surface area contributed by atoms with Gasteiger partial charge in [0.2, 0.25) is 0 Å². The standard InChI is InChI=1S/C24H18N2O4/c1-2-30-24(29)17-9-11-18(12-10-17)26-22(27)20-8-4-3-7-19(20)21(23(26)28)14-16-6-5-13-25-15-16/h3-15H,2H2,1H3/b21-14-. The second-order valence-electron chi connectivity index (χ2n) is 6.60. The van der Waals surface area contributed by atoms with Crippen molar-refractivity contribution in [3.63, 3.8) is 0 Å². The van der Waals surface area contributed by atoms with Crippen LogP contribution >= 0.6 is 0 Å². The van der Waals surface area contributed by atoms with Gasteiger partial charge in [0, 0.05) is 23.5 Å². The van der Waals surface area contributed by atoms with E-state index in [1.165, 1.54) is 0 Å². The Hall–Kier alpha value is -4.06. The number of fused-ring (bicyclic) bond motifs is 1. The molecule has 0 fully saturated rings. The Labute approximate surface area is 173 Å².